The molecule has 9 heteroatoms. The third-order valence-electron chi connectivity index (χ3n) is 2.87. The van der Waals surface area contributed by atoms with Gasteiger partial charge in [0.2, 0.25) is 10.0 Å². The molecular formula is C11H15ClN2O4S2. The highest BCUT2D eigenvalue weighted by molar-refractivity contribution is 7.92. The van der Waals surface area contributed by atoms with Crippen LogP contribution in [0.5, 0.6) is 0 Å². The van der Waals surface area contributed by atoms with Gasteiger partial charge in [0, 0.05) is 11.7 Å². The quantitative estimate of drug-likeness (QED) is 0.863. The van der Waals surface area contributed by atoms with Crippen molar-refractivity contribution in [1.82, 2.24) is 0 Å². The Bertz CT molecular complexity index is 716. The summed E-state index contributed by atoms with van der Waals surface area (Å²) in [5.74, 6) is 0.292. The number of hydrogen-bond donors (Lipinski definition) is 2. The number of benzene rings is 1. The van der Waals surface area contributed by atoms with Gasteiger partial charge in [0.1, 0.15) is 0 Å². The van der Waals surface area contributed by atoms with Crippen molar-refractivity contribution in [3.63, 3.8) is 0 Å². The van der Waals surface area contributed by atoms with Crippen LogP contribution in [0.3, 0.4) is 0 Å². The van der Waals surface area contributed by atoms with E-state index in [1.54, 1.807) is 12.1 Å². The predicted molar refractivity (Wildman–Crippen MR) is 80.6 cm³/mol. The van der Waals surface area contributed by atoms with Crippen LogP contribution in [0.15, 0.2) is 18.2 Å². The minimum Gasteiger partial charge on any atom is -0.381 e. The SMILES string of the molecule is CS(=O)(=O)Nc1ccc(NC2CCS(=O)(=O)C2)cc1Cl. The van der Waals surface area contributed by atoms with Crippen LogP contribution in [0.1, 0.15) is 6.42 Å². The van der Waals surface area contributed by atoms with Crippen molar-refractivity contribution >= 4 is 42.8 Å². The van der Waals surface area contributed by atoms with E-state index in [0.717, 1.165) is 6.26 Å². The summed E-state index contributed by atoms with van der Waals surface area (Å²) in [6, 6.07) is 4.63. The zero-order chi connectivity index (χ0) is 15.0. The monoisotopic (exact) mass is 338 g/mol. The molecule has 0 amide bonds. The van der Waals surface area contributed by atoms with Crippen LogP contribution >= 0.6 is 11.6 Å². The van der Waals surface area contributed by atoms with Crippen molar-refractivity contribution in [2.75, 3.05) is 27.8 Å². The molecule has 112 valence electrons. The fourth-order valence-corrected chi connectivity index (χ4v) is 4.57. The normalized spacial score (nSPS) is 21.6. The average molecular weight is 339 g/mol. The maximum absolute atomic E-state index is 11.4. The Hall–Kier alpha value is -0.990. The minimum atomic E-state index is -3.38. The fraction of sp³-hybridized carbons (Fsp3) is 0.455. The zero-order valence-electron chi connectivity index (χ0n) is 10.8. The van der Waals surface area contributed by atoms with E-state index < -0.39 is 19.9 Å². The molecule has 1 aliphatic rings. The maximum atomic E-state index is 11.4. The van der Waals surface area contributed by atoms with E-state index in [0.29, 0.717) is 17.8 Å². The third kappa shape index (κ3) is 4.26. The fourth-order valence-electron chi connectivity index (χ4n) is 2.03. The number of anilines is 2. The lowest BCUT2D eigenvalue weighted by atomic mass is 10.2. The van der Waals surface area contributed by atoms with E-state index in [1.807, 2.05) is 0 Å². The van der Waals surface area contributed by atoms with Gasteiger partial charge in [-0.25, -0.2) is 16.8 Å². The van der Waals surface area contributed by atoms with Gasteiger partial charge in [-0.2, -0.15) is 0 Å². The summed E-state index contributed by atoms with van der Waals surface area (Å²) in [4.78, 5) is 0. The standard InChI is InChI=1S/C11H15ClN2O4S2/c1-19(15,16)14-11-3-2-8(6-10(11)12)13-9-4-5-20(17,18)7-9/h2-3,6,9,13-14H,4-5,7H2,1H3. The zero-order valence-corrected chi connectivity index (χ0v) is 13.1. The van der Waals surface area contributed by atoms with E-state index in [1.165, 1.54) is 6.07 Å². The molecule has 0 spiro atoms. The summed E-state index contributed by atoms with van der Waals surface area (Å²) >= 11 is 5.99. The molecule has 1 atom stereocenters. The molecular weight excluding hydrogens is 324 g/mol. The molecule has 1 fully saturated rings. The number of halogens is 1. The van der Waals surface area contributed by atoms with Crippen molar-refractivity contribution in [3.8, 4) is 0 Å². The molecule has 1 unspecified atom stereocenters. The third-order valence-corrected chi connectivity index (χ3v) is 5.54. The molecule has 2 rings (SSSR count). The first kappa shape index (κ1) is 15.4. The molecule has 0 saturated carbocycles. The molecule has 20 heavy (non-hydrogen) atoms. The second-order valence-corrected chi connectivity index (χ2v) is 9.20. The lowest BCUT2D eigenvalue weighted by Gasteiger charge is -2.14. The van der Waals surface area contributed by atoms with Crippen LogP contribution in [0.4, 0.5) is 11.4 Å². The molecule has 0 radical (unpaired) electrons. The number of sulfonamides is 1. The number of nitrogens with one attached hydrogen (secondary N) is 2. The van der Waals surface area contributed by atoms with Gasteiger partial charge >= 0.3 is 0 Å². The molecule has 2 N–H and O–H groups in total. The molecule has 1 aliphatic heterocycles. The Balaban J connectivity index is 2.10. The van der Waals surface area contributed by atoms with E-state index in [9.17, 15) is 16.8 Å². The van der Waals surface area contributed by atoms with Crippen molar-refractivity contribution in [1.29, 1.82) is 0 Å². The molecule has 0 aromatic heterocycles. The Morgan fingerprint density at radius 2 is 2.05 bits per heavy atom. The van der Waals surface area contributed by atoms with Crippen LogP contribution in [0.25, 0.3) is 0 Å². The lowest BCUT2D eigenvalue weighted by Crippen LogP contribution is -2.20. The number of rotatable bonds is 4. The Labute approximate surface area is 123 Å². The molecule has 1 aromatic rings. The van der Waals surface area contributed by atoms with Gasteiger partial charge in [-0.1, -0.05) is 11.6 Å². The van der Waals surface area contributed by atoms with Crippen LogP contribution in [-0.2, 0) is 19.9 Å². The smallest absolute Gasteiger partial charge is 0.229 e. The molecule has 0 aliphatic carbocycles. The number of sulfone groups is 1. The molecule has 6 nitrogen and oxygen atoms in total. The maximum Gasteiger partial charge on any atom is 0.229 e. The minimum absolute atomic E-state index is 0.105. The van der Waals surface area contributed by atoms with Gasteiger partial charge in [0.05, 0.1) is 28.5 Å². The van der Waals surface area contributed by atoms with Crippen LogP contribution in [0, 0.1) is 0 Å². The average Bonchev–Trinajstić information content (AvgIpc) is 2.60. The van der Waals surface area contributed by atoms with E-state index in [2.05, 4.69) is 10.0 Å². The highest BCUT2D eigenvalue weighted by Crippen LogP contribution is 2.27. The summed E-state index contributed by atoms with van der Waals surface area (Å²) in [7, 11) is -6.33. The second-order valence-electron chi connectivity index (χ2n) is 4.81. The Kier molecular flexibility index (Phi) is 4.17. The van der Waals surface area contributed by atoms with Crippen molar-refractivity contribution in [3.05, 3.63) is 23.2 Å². The van der Waals surface area contributed by atoms with E-state index >= 15 is 0 Å². The lowest BCUT2D eigenvalue weighted by molar-refractivity contribution is 0.601. The van der Waals surface area contributed by atoms with Gasteiger partial charge < -0.3 is 5.32 Å². The summed E-state index contributed by atoms with van der Waals surface area (Å²) in [5, 5.41) is 3.34. The van der Waals surface area contributed by atoms with Gasteiger partial charge in [0.15, 0.2) is 9.84 Å². The van der Waals surface area contributed by atoms with E-state index in [-0.39, 0.29) is 22.6 Å². The first-order valence-electron chi connectivity index (χ1n) is 5.89. The highest BCUT2D eigenvalue weighted by atomic mass is 35.5. The molecule has 1 saturated heterocycles. The first-order valence-corrected chi connectivity index (χ1v) is 9.98. The molecule has 1 heterocycles. The number of hydrogen-bond acceptors (Lipinski definition) is 5. The summed E-state index contributed by atoms with van der Waals surface area (Å²) in [6.07, 6.45) is 1.60. The van der Waals surface area contributed by atoms with Gasteiger partial charge in [-0.05, 0) is 24.6 Å². The predicted octanol–water partition coefficient (Wildman–Crippen LogP) is 1.31. The Morgan fingerprint density at radius 3 is 2.55 bits per heavy atom. The topological polar surface area (TPSA) is 92.3 Å². The van der Waals surface area contributed by atoms with Crippen molar-refractivity contribution in [2.24, 2.45) is 0 Å². The van der Waals surface area contributed by atoms with Crippen LogP contribution in [0.2, 0.25) is 5.02 Å². The van der Waals surface area contributed by atoms with E-state index in [4.69, 9.17) is 11.6 Å². The van der Waals surface area contributed by atoms with Gasteiger partial charge in [0.25, 0.3) is 0 Å². The van der Waals surface area contributed by atoms with Crippen molar-refractivity contribution < 1.29 is 16.8 Å². The second kappa shape index (κ2) is 5.42. The summed E-state index contributed by atoms with van der Waals surface area (Å²) in [5.41, 5.74) is 0.954. The first-order chi connectivity index (χ1) is 9.15. The van der Waals surface area contributed by atoms with Gasteiger partial charge in [-0.15, -0.1) is 0 Å². The Morgan fingerprint density at radius 1 is 1.35 bits per heavy atom. The highest BCUT2D eigenvalue weighted by Gasteiger charge is 2.27. The van der Waals surface area contributed by atoms with Crippen molar-refractivity contribution in [2.45, 2.75) is 12.5 Å². The summed E-state index contributed by atoms with van der Waals surface area (Å²) in [6.45, 7) is 0. The summed E-state index contributed by atoms with van der Waals surface area (Å²) < 4.78 is 47.3. The van der Waals surface area contributed by atoms with Crippen LogP contribution in [-0.4, -0.2) is 40.6 Å². The largest absolute Gasteiger partial charge is 0.381 e. The van der Waals surface area contributed by atoms with Gasteiger partial charge in [-0.3, -0.25) is 4.72 Å². The molecule has 1 aromatic carbocycles. The van der Waals surface area contributed by atoms with Crippen LogP contribution < -0.4 is 10.0 Å². The molecule has 0 bridgehead atoms.